The Labute approximate surface area is 250 Å². The quantitative estimate of drug-likeness (QED) is 0.182. The van der Waals surface area contributed by atoms with E-state index in [0.717, 1.165) is 22.3 Å². The van der Waals surface area contributed by atoms with Crippen molar-refractivity contribution in [3.05, 3.63) is 112 Å². The van der Waals surface area contributed by atoms with Gasteiger partial charge in [0.25, 0.3) is 0 Å². The Kier molecular flexibility index (Phi) is 8.40. The summed E-state index contributed by atoms with van der Waals surface area (Å²) in [5.41, 5.74) is 2.21. The Balaban J connectivity index is 1.40. The van der Waals surface area contributed by atoms with Crippen LogP contribution >= 0.6 is 11.6 Å². The van der Waals surface area contributed by atoms with Crippen molar-refractivity contribution in [3.8, 4) is 39.7 Å². The zero-order chi connectivity index (χ0) is 30.7. The maximum absolute atomic E-state index is 13.8. The number of alkyl halides is 3. The first-order valence-electron chi connectivity index (χ1n) is 13.2. The van der Waals surface area contributed by atoms with Gasteiger partial charge in [-0.05, 0) is 73.0 Å². The first kappa shape index (κ1) is 29.7. The lowest BCUT2D eigenvalue weighted by Crippen LogP contribution is -2.18. The van der Waals surface area contributed by atoms with Crippen LogP contribution in [0.4, 0.5) is 13.2 Å². The number of rotatable bonds is 9. The van der Waals surface area contributed by atoms with Gasteiger partial charge in [-0.2, -0.15) is 18.3 Å². The van der Waals surface area contributed by atoms with Gasteiger partial charge in [0.2, 0.25) is 0 Å². The molecule has 7 nitrogen and oxygen atoms in total. The van der Waals surface area contributed by atoms with Gasteiger partial charge < -0.3 is 14.6 Å². The second-order valence-corrected chi connectivity index (χ2v) is 9.91. The number of hydrogen-bond donors (Lipinski definition) is 1. The molecule has 0 aliphatic carbocycles. The summed E-state index contributed by atoms with van der Waals surface area (Å²) in [5, 5.41) is 13.5. The molecular formula is C32H25ClF3N3O4. The van der Waals surface area contributed by atoms with Crippen molar-refractivity contribution >= 4 is 17.6 Å². The Morgan fingerprint density at radius 1 is 0.977 bits per heavy atom. The third-order valence-electron chi connectivity index (χ3n) is 6.67. The fourth-order valence-electron chi connectivity index (χ4n) is 4.61. The van der Waals surface area contributed by atoms with E-state index in [1.165, 1.54) is 12.1 Å². The Hall–Kier alpha value is -4.83. The van der Waals surface area contributed by atoms with Gasteiger partial charge >= 0.3 is 12.1 Å². The van der Waals surface area contributed by atoms with Crippen LogP contribution < -0.4 is 9.47 Å². The average Bonchev–Trinajstić information content (AvgIpc) is 3.44. The molecule has 0 radical (unpaired) electrons. The van der Waals surface area contributed by atoms with E-state index in [2.05, 4.69) is 10.1 Å². The molecule has 5 aromatic rings. The summed E-state index contributed by atoms with van der Waals surface area (Å²) in [5.74, 6) is -0.758. The van der Waals surface area contributed by atoms with E-state index in [9.17, 15) is 23.1 Å². The zero-order valence-electron chi connectivity index (χ0n) is 23.0. The molecule has 0 unspecified atom stereocenters. The number of hydrogen-bond acceptors (Lipinski definition) is 5. The number of carboxylic acids is 1. The van der Waals surface area contributed by atoms with E-state index in [1.54, 1.807) is 36.4 Å². The number of ether oxygens (including phenoxy) is 2. The van der Waals surface area contributed by atoms with Crippen LogP contribution in [0.2, 0.25) is 5.02 Å². The molecule has 220 valence electrons. The van der Waals surface area contributed by atoms with Crippen molar-refractivity contribution in [1.29, 1.82) is 0 Å². The summed E-state index contributed by atoms with van der Waals surface area (Å²) in [7, 11) is 0. The van der Waals surface area contributed by atoms with E-state index in [1.807, 2.05) is 44.2 Å². The minimum atomic E-state index is -4.96. The number of carbonyl (C=O) groups is 1. The van der Waals surface area contributed by atoms with Gasteiger partial charge in [0.1, 0.15) is 23.7 Å². The molecule has 0 bridgehead atoms. The van der Waals surface area contributed by atoms with Gasteiger partial charge in [0.05, 0.1) is 23.5 Å². The topological polar surface area (TPSA) is 86.5 Å². The van der Waals surface area contributed by atoms with Crippen molar-refractivity contribution in [2.45, 2.75) is 26.6 Å². The smallest absolute Gasteiger partial charge is 0.434 e. The number of aryl methyl sites for hydroxylation is 1. The zero-order valence-corrected chi connectivity index (χ0v) is 23.8. The van der Waals surface area contributed by atoms with E-state index in [0.29, 0.717) is 45.3 Å². The molecule has 0 aliphatic rings. The fourth-order valence-corrected chi connectivity index (χ4v) is 4.89. The highest BCUT2D eigenvalue weighted by molar-refractivity contribution is 6.33. The molecule has 11 heteroatoms. The predicted octanol–water partition coefficient (Wildman–Crippen LogP) is 8.26. The molecule has 0 atom stereocenters. The van der Waals surface area contributed by atoms with Crippen LogP contribution in [0, 0.1) is 6.92 Å². The first-order valence-corrected chi connectivity index (χ1v) is 13.5. The van der Waals surface area contributed by atoms with Crippen LogP contribution in [0.25, 0.3) is 28.2 Å². The maximum atomic E-state index is 13.8. The number of benzene rings is 3. The van der Waals surface area contributed by atoms with Crippen LogP contribution in [-0.2, 0) is 12.8 Å². The highest BCUT2D eigenvalue weighted by Crippen LogP contribution is 2.36. The summed E-state index contributed by atoms with van der Waals surface area (Å²) in [6.07, 6.45) is -4.30. The minimum Gasteiger partial charge on any atom is -0.494 e. The lowest BCUT2D eigenvalue weighted by atomic mass is 10.00. The summed E-state index contributed by atoms with van der Waals surface area (Å²) >= 11 is 6.51. The number of aromatic nitrogens is 3. The van der Waals surface area contributed by atoms with E-state index < -0.39 is 23.4 Å². The Bertz CT molecular complexity index is 1800. The summed E-state index contributed by atoms with van der Waals surface area (Å²) in [6, 6.07) is 23.0. The predicted molar refractivity (Wildman–Crippen MR) is 156 cm³/mol. The molecule has 0 saturated carbocycles. The van der Waals surface area contributed by atoms with Gasteiger partial charge in [-0.25, -0.2) is 14.5 Å². The maximum Gasteiger partial charge on any atom is 0.434 e. The third kappa shape index (κ3) is 6.34. The molecule has 43 heavy (non-hydrogen) atoms. The van der Waals surface area contributed by atoms with Gasteiger partial charge in [0, 0.05) is 11.1 Å². The van der Waals surface area contributed by atoms with Crippen molar-refractivity contribution < 1.29 is 32.5 Å². The van der Waals surface area contributed by atoms with Gasteiger partial charge in [-0.1, -0.05) is 48.0 Å². The highest BCUT2D eigenvalue weighted by Gasteiger charge is 2.41. The lowest BCUT2D eigenvalue weighted by Gasteiger charge is -2.15. The molecular weight excluding hydrogens is 583 g/mol. The van der Waals surface area contributed by atoms with E-state index >= 15 is 0 Å². The second-order valence-electron chi connectivity index (χ2n) is 9.50. The van der Waals surface area contributed by atoms with Crippen LogP contribution in [0.3, 0.4) is 0 Å². The molecule has 2 aromatic heterocycles. The largest absolute Gasteiger partial charge is 0.494 e. The summed E-state index contributed by atoms with van der Waals surface area (Å²) < 4.78 is 53.5. The number of aromatic carboxylic acids is 1. The molecule has 0 aliphatic heterocycles. The third-order valence-corrected chi connectivity index (χ3v) is 6.98. The molecule has 0 saturated heterocycles. The number of nitrogens with zero attached hydrogens (tertiary/aromatic N) is 3. The van der Waals surface area contributed by atoms with Gasteiger partial charge in [0.15, 0.2) is 11.5 Å². The number of halogens is 4. The molecule has 0 spiro atoms. The highest BCUT2D eigenvalue weighted by atomic mass is 35.5. The standard InChI is InChI=1S/C32H25ClF3N3O4/c1-3-42-22-13-14-23(26(33)16-22)20-11-12-21(19(2)15-20)18-43-28-9-5-4-7-24(28)27-8-6-10-29(38-27)39-30(32(34,35)36)25(17-37-39)31(40)41/h4-17H,3,18H2,1-2H3,(H,40,41). The van der Waals surface area contributed by atoms with Gasteiger partial charge in [-0.3, -0.25) is 0 Å². The number of para-hydroxylation sites is 1. The normalized spacial score (nSPS) is 11.4. The minimum absolute atomic E-state index is 0.188. The fraction of sp³-hybridized carbons (Fsp3) is 0.156. The summed E-state index contributed by atoms with van der Waals surface area (Å²) in [6.45, 7) is 4.64. The lowest BCUT2D eigenvalue weighted by molar-refractivity contribution is -0.143. The molecule has 0 fully saturated rings. The van der Waals surface area contributed by atoms with Crippen molar-refractivity contribution in [2.75, 3.05) is 6.61 Å². The van der Waals surface area contributed by atoms with Crippen LogP contribution in [0.5, 0.6) is 11.5 Å². The van der Waals surface area contributed by atoms with Crippen LogP contribution in [0.15, 0.2) is 85.1 Å². The molecule has 2 heterocycles. The molecule has 3 aromatic carbocycles. The summed E-state index contributed by atoms with van der Waals surface area (Å²) in [4.78, 5) is 15.8. The number of pyridine rings is 1. The van der Waals surface area contributed by atoms with Crippen molar-refractivity contribution in [1.82, 2.24) is 14.8 Å². The van der Waals surface area contributed by atoms with Crippen LogP contribution in [0.1, 0.15) is 34.1 Å². The Morgan fingerprint density at radius 2 is 1.77 bits per heavy atom. The van der Waals surface area contributed by atoms with Crippen molar-refractivity contribution in [2.24, 2.45) is 0 Å². The number of carboxylic acid groups (broad SMARTS) is 1. The molecule has 5 rings (SSSR count). The Morgan fingerprint density at radius 3 is 2.47 bits per heavy atom. The monoisotopic (exact) mass is 607 g/mol. The van der Waals surface area contributed by atoms with E-state index in [-0.39, 0.29) is 12.4 Å². The van der Waals surface area contributed by atoms with Gasteiger partial charge in [-0.15, -0.1) is 0 Å². The molecule has 1 N–H and O–H groups in total. The van der Waals surface area contributed by atoms with E-state index in [4.69, 9.17) is 21.1 Å². The SMILES string of the molecule is CCOc1ccc(-c2ccc(COc3ccccc3-c3cccc(-n4ncc(C(=O)O)c4C(F)(F)F)n3)c(C)c2)c(Cl)c1. The average molecular weight is 608 g/mol. The van der Waals surface area contributed by atoms with Crippen molar-refractivity contribution in [3.63, 3.8) is 0 Å². The van der Waals surface area contributed by atoms with Crippen LogP contribution in [-0.4, -0.2) is 32.4 Å². The molecule has 0 amide bonds. The first-order chi connectivity index (χ1) is 20.6. The second kappa shape index (κ2) is 12.2.